The number of nitrogens with zero attached hydrogens (tertiary/aromatic N) is 2. The van der Waals surface area contributed by atoms with E-state index in [1.807, 2.05) is 0 Å². The topological polar surface area (TPSA) is 152 Å². The second-order valence-corrected chi connectivity index (χ2v) is 14.5. The molecule has 12 nitrogen and oxygen atoms in total. The molecule has 2 aliphatic heterocycles. The van der Waals surface area contributed by atoms with Crippen molar-refractivity contribution < 1.29 is 48.3 Å². The number of thiophene rings is 2. The molecule has 2 aliphatic rings. The first-order valence-electron chi connectivity index (χ1n) is 17.4. The highest BCUT2D eigenvalue weighted by molar-refractivity contribution is 7.17. The number of rotatable bonds is 16. The van der Waals surface area contributed by atoms with Crippen molar-refractivity contribution in [3.05, 3.63) is 70.4 Å². The van der Waals surface area contributed by atoms with Gasteiger partial charge in [0, 0.05) is 75.7 Å². The molecule has 4 aromatic rings. The van der Waals surface area contributed by atoms with E-state index in [0.29, 0.717) is 0 Å². The molecule has 2 aromatic heterocycles. The van der Waals surface area contributed by atoms with Crippen LogP contribution < -0.4 is 0 Å². The van der Waals surface area contributed by atoms with Crippen molar-refractivity contribution in [1.82, 2.24) is 9.80 Å². The molecule has 4 heterocycles. The van der Waals surface area contributed by atoms with Crippen LogP contribution in [0.15, 0.2) is 59.3 Å². The molecule has 282 valence electrons. The van der Waals surface area contributed by atoms with Crippen LogP contribution in [0.3, 0.4) is 0 Å². The first kappa shape index (κ1) is 40.8. The van der Waals surface area contributed by atoms with Gasteiger partial charge in [0.2, 0.25) is 0 Å². The summed E-state index contributed by atoms with van der Waals surface area (Å²) in [5, 5.41) is 21.7. The van der Waals surface area contributed by atoms with Gasteiger partial charge in [0.1, 0.15) is 12.2 Å². The fourth-order valence-electron chi connectivity index (χ4n) is 5.74. The van der Waals surface area contributed by atoms with Crippen molar-refractivity contribution in [2.45, 2.75) is 51.7 Å². The van der Waals surface area contributed by atoms with Crippen LogP contribution in [0.5, 0.6) is 0 Å². The molecule has 52 heavy (non-hydrogen) atoms. The van der Waals surface area contributed by atoms with Crippen molar-refractivity contribution in [3.8, 4) is 0 Å². The summed E-state index contributed by atoms with van der Waals surface area (Å²) in [7, 11) is 0. The first-order chi connectivity index (χ1) is 25.0. The second-order valence-electron chi connectivity index (χ2n) is 12.6. The van der Waals surface area contributed by atoms with Gasteiger partial charge in [0.25, 0.3) is 0 Å². The van der Waals surface area contributed by atoms with Gasteiger partial charge < -0.3 is 29.2 Å². The predicted molar refractivity (Wildman–Crippen MR) is 201 cm³/mol. The Labute approximate surface area is 311 Å². The molecule has 2 aromatic carbocycles. The van der Waals surface area contributed by atoms with E-state index in [2.05, 4.69) is 69.1 Å². The van der Waals surface area contributed by atoms with Crippen molar-refractivity contribution in [2.75, 3.05) is 65.7 Å². The summed E-state index contributed by atoms with van der Waals surface area (Å²) >= 11 is 3.56. The Balaban J connectivity index is 0.000000202. The zero-order chi connectivity index (χ0) is 37.3. The summed E-state index contributed by atoms with van der Waals surface area (Å²) in [5.74, 6) is -4.01. The van der Waals surface area contributed by atoms with Crippen LogP contribution in [0.2, 0.25) is 0 Å². The van der Waals surface area contributed by atoms with Crippen LogP contribution in [0.25, 0.3) is 20.2 Å². The van der Waals surface area contributed by atoms with E-state index in [-0.39, 0.29) is 24.1 Å². The number of benzene rings is 2. The Kier molecular flexibility index (Phi) is 16.9. The minimum atomic E-state index is -1.82. The molecular weight excluding hydrogens is 709 g/mol. The summed E-state index contributed by atoms with van der Waals surface area (Å²) in [5.41, 5.74) is 2.67. The number of carboxylic acid groups (broad SMARTS) is 2. The van der Waals surface area contributed by atoms with Gasteiger partial charge in [-0.2, -0.15) is 0 Å². The van der Waals surface area contributed by atoms with Crippen molar-refractivity contribution >= 4 is 66.7 Å². The molecule has 0 bridgehead atoms. The average Bonchev–Trinajstić information content (AvgIpc) is 3.74. The summed E-state index contributed by atoms with van der Waals surface area (Å²) < 4.78 is 24.4. The Morgan fingerprint density at radius 3 is 1.40 bits per heavy atom. The number of hydrogen-bond acceptors (Lipinski definition) is 12. The lowest BCUT2D eigenvalue weighted by Crippen LogP contribution is -2.52. The molecule has 0 aliphatic carbocycles. The van der Waals surface area contributed by atoms with Crippen LogP contribution in [-0.2, 0) is 51.0 Å². The number of ether oxygens (including phenoxy) is 4. The second kappa shape index (κ2) is 21.6. The summed E-state index contributed by atoms with van der Waals surface area (Å²) in [4.78, 5) is 44.4. The molecule has 0 atom stereocenters. The van der Waals surface area contributed by atoms with Gasteiger partial charge in [-0.3, -0.25) is 19.4 Å². The van der Waals surface area contributed by atoms with Gasteiger partial charge in [0.15, 0.2) is 0 Å². The Hall–Kier alpha value is -3.92. The third-order valence-electron chi connectivity index (χ3n) is 8.33. The van der Waals surface area contributed by atoms with E-state index in [4.69, 9.17) is 38.7 Å². The largest absolute Gasteiger partial charge is 0.473 e. The SMILES string of the molecule is CC(=O)OC1CN(CCCOCCc2ccc3sccc3c2)C1.CC(=O)OC1CN(CCCOCCc2ccc3sccc3c2)C1.O=C(O)C(=O)O. The molecule has 0 spiro atoms. The van der Waals surface area contributed by atoms with Crippen LogP contribution in [0.1, 0.15) is 37.8 Å². The van der Waals surface area contributed by atoms with Gasteiger partial charge in [-0.05, 0) is 82.6 Å². The zero-order valence-electron chi connectivity index (χ0n) is 29.7. The number of carbonyl (C=O) groups excluding carboxylic acids is 2. The fraction of sp³-hybridized carbons (Fsp3) is 0.474. The quantitative estimate of drug-likeness (QED) is 0.0862. The summed E-state index contributed by atoms with van der Waals surface area (Å²) in [6.45, 7) is 11.5. The normalized spacial score (nSPS) is 14.7. The van der Waals surface area contributed by atoms with E-state index in [1.165, 1.54) is 45.1 Å². The van der Waals surface area contributed by atoms with Gasteiger partial charge in [-0.1, -0.05) is 24.3 Å². The maximum atomic E-state index is 10.8. The number of likely N-dealkylation sites (tertiary alicyclic amines) is 2. The molecule has 0 amide bonds. The van der Waals surface area contributed by atoms with Gasteiger partial charge >= 0.3 is 23.9 Å². The highest BCUT2D eigenvalue weighted by Crippen LogP contribution is 2.23. The highest BCUT2D eigenvalue weighted by Gasteiger charge is 2.29. The van der Waals surface area contributed by atoms with E-state index in [0.717, 1.165) is 91.4 Å². The van der Waals surface area contributed by atoms with Gasteiger partial charge in [-0.15, -0.1) is 22.7 Å². The average molecular weight is 757 g/mol. The zero-order valence-corrected chi connectivity index (χ0v) is 31.3. The molecule has 0 unspecified atom stereocenters. The van der Waals surface area contributed by atoms with Crippen molar-refractivity contribution in [3.63, 3.8) is 0 Å². The third kappa shape index (κ3) is 14.6. The highest BCUT2D eigenvalue weighted by atomic mass is 32.1. The molecule has 2 saturated heterocycles. The first-order valence-corrected chi connectivity index (χ1v) is 19.1. The van der Waals surface area contributed by atoms with Gasteiger partial charge in [0.05, 0.1) is 13.2 Å². The number of carboxylic acids is 2. The molecule has 0 radical (unpaired) electrons. The molecule has 6 rings (SSSR count). The summed E-state index contributed by atoms with van der Waals surface area (Å²) in [6, 6.07) is 17.6. The van der Waals surface area contributed by atoms with Gasteiger partial charge in [-0.25, -0.2) is 9.59 Å². The van der Waals surface area contributed by atoms with Crippen LogP contribution >= 0.6 is 22.7 Å². The number of fused-ring (bicyclic) bond motifs is 2. The molecule has 2 N–H and O–H groups in total. The van der Waals surface area contributed by atoms with Crippen LogP contribution in [0.4, 0.5) is 0 Å². The fourth-order valence-corrected chi connectivity index (χ4v) is 7.28. The van der Waals surface area contributed by atoms with Crippen LogP contribution in [0, 0.1) is 0 Å². The molecule has 0 saturated carbocycles. The molecule has 2 fully saturated rings. The maximum absolute atomic E-state index is 10.8. The number of aliphatic carboxylic acids is 2. The van der Waals surface area contributed by atoms with E-state index >= 15 is 0 Å². The predicted octanol–water partition coefficient (Wildman–Crippen LogP) is 5.35. The van der Waals surface area contributed by atoms with E-state index in [9.17, 15) is 9.59 Å². The standard InChI is InChI=1S/2C18H23NO3S.C2H2O4/c2*1-14(20)22-17-12-19(13-17)7-2-8-21-9-5-15-3-4-18-16(11-15)6-10-23-18;3-1(4)2(5)6/h2*3-4,6,10-11,17H,2,5,7-9,12-13H2,1H3;(H,3,4)(H,5,6). The Morgan fingerprint density at radius 2 is 1.04 bits per heavy atom. The lowest BCUT2D eigenvalue weighted by atomic mass is 10.1. The monoisotopic (exact) mass is 756 g/mol. The van der Waals surface area contributed by atoms with E-state index < -0.39 is 11.9 Å². The Morgan fingerprint density at radius 1 is 0.635 bits per heavy atom. The Bertz CT molecular complexity index is 1600. The number of carbonyl (C=O) groups is 4. The van der Waals surface area contributed by atoms with E-state index in [1.54, 1.807) is 22.7 Å². The molecular formula is C38H48N2O10S2. The number of esters is 2. The minimum absolute atomic E-state index is 0.0976. The lowest BCUT2D eigenvalue weighted by molar-refractivity contribution is -0.159. The number of hydrogen-bond donors (Lipinski definition) is 2. The molecule has 14 heteroatoms. The lowest BCUT2D eigenvalue weighted by Gasteiger charge is -2.38. The van der Waals surface area contributed by atoms with Crippen LogP contribution in [-0.4, -0.2) is 122 Å². The summed E-state index contributed by atoms with van der Waals surface area (Å²) in [6.07, 6.45) is 4.17. The third-order valence-corrected chi connectivity index (χ3v) is 10.1. The van der Waals surface area contributed by atoms with Crippen molar-refractivity contribution in [1.29, 1.82) is 0 Å². The maximum Gasteiger partial charge on any atom is 0.414 e. The minimum Gasteiger partial charge on any atom is -0.473 e. The smallest absolute Gasteiger partial charge is 0.414 e. The van der Waals surface area contributed by atoms with Crippen molar-refractivity contribution in [2.24, 2.45) is 0 Å².